The first kappa shape index (κ1) is 26.5. The zero-order valence-electron chi connectivity index (χ0n) is 24.2. The van der Waals surface area contributed by atoms with Crippen LogP contribution < -0.4 is 10.2 Å². The van der Waals surface area contributed by atoms with Crippen molar-refractivity contribution in [2.75, 3.05) is 10.2 Å². The fraction of sp³-hybridized carbons (Fsp3) is 0.103. The van der Waals surface area contributed by atoms with Crippen molar-refractivity contribution in [1.29, 1.82) is 0 Å². The molecule has 0 radical (unpaired) electrons. The van der Waals surface area contributed by atoms with E-state index in [4.69, 9.17) is 4.98 Å². The van der Waals surface area contributed by atoms with Crippen molar-refractivity contribution in [3.05, 3.63) is 158 Å². The number of nitrogens with zero attached hydrogens (tertiary/aromatic N) is 3. The van der Waals surface area contributed by atoms with E-state index in [2.05, 4.69) is 155 Å². The normalized spacial score (nSPS) is 15.8. The molecule has 8 rings (SSSR count). The van der Waals surface area contributed by atoms with E-state index < -0.39 is 0 Å². The third kappa shape index (κ3) is 4.61. The van der Waals surface area contributed by atoms with Gasteiger partial charge in [0.1, 0.15) is 6.17 Å². The van der Waals surface area contributed by atoms with Crippen LogP contribution >= 0.6 is 0 Å². The van der Waals surface area contributed by atoms with Crippen molar-refractivity contribution in [2.45, 2.75) is 25.4 Å². The van der Waals surface area contributed by atoms with E-state index in [0.717, 1.165) is 35.6 Å². The molecule has 0 spiro atoms. The predicted octanol–water partition coefficient (Wildman–Crippen LogP) is 10.2. The third-order valence-corrected chi connectivity index (χ3v) is 8.33. The Balaban J connectivity index is 0.00000147. The van der Waals surface area contributed by atoms with Gasteiger partial charge in [-0.15, -0.1) is 13.2 Å². The van der Waals surface area contributed by atoms with Gasteiger partial charge in [0.2, 0.25) is 0 Å². The average molecular weight is 559 g/mol. The summed E-state index contributed by atoms with van der Waals surface area (Å²) in [5, 5.41) is 6.41. The minimum absolute atomic E-state index is 0.0225. The molecule has 0 bridgehead atoms. The van der Waals surface area contributed by atoms with Crippen LogP contribution in [0.2, 0.25) is 0 Å². The number of benzene rings is 4. The smallest absolute Gasteiger partial charge is 0.159 e. The first-order valence-corrected chi connectivity index (χ1v) is 14.9. The van der Waals surface area contributed by atoms with Crippen molar-refractivity contribution in [2.24, 2.45) is 0 Å². The molecule has 43 heavy (non-hydrogen) atoms. The molecular formula is C39H34N4. The fourth-order valence-corrected chi connectivity index (χ4v) is 6.41. The molecule has 1 aliphatic heterocycles. The minimum atomic E-state index is -0.0225. The number of anilines is 2. The van der Waals surface area contributed by atoms with Gasteiger partial charge in [-0.2, -0.15) is 0 Å². The van der Waals surface area contributed by atoms with Crippen molar-refractivity contribution < 1.29 is 0 Å². The van der Waals surface area contributed by atoms with Crippen LogP contribution in [0.1, 0.15) is 31.0 Å². The van der Waals surface area contributed by atoms with Crippen LogP contribution in [0.3, 0.4) is 0 Å². The highest BCUT2D eigenvalue weighted by molar-refractivity contribution is 6.09. The van der Waals surface area contributed by atoms with Crippen LogP contribution in [-0.2, 0) is 0 Å². The molecule has 1 unspecified atom stereocenters. The van der Waals surface area contributed by atoms with E-state index >= 15 is 0 Å². The van der Waals surface area contributed by atoms with Crippen LogP contribution in [0.15, 0.2) is 152 Å². The number of hydrogen-bond acceptors (Lipinski definition) is 3. The maximum Gasteiger partial charge on any atom is 0.159 e. The summed E-state index contributed by atoms with van der Waals surface area (Å²) in [6.07, 6.45) is 12.2. The second-order valence-electron chi connectivity index (χ2n) is 10.8. The first-order chi connectivity index (χ1) is 21.4. The Morgan fingerprint density at radius 1 is 0.721 bits per heavy atom. The predicted molar refractivity (Wildman–Crippen MR) is 182 cm³/mol. The molecule has 0 fully saturated rings. The lowest BCUT2D eigenvalue weighted by Gasteiger charge is -2.27. The lowest BCUT2D eigenvalue weighted by atomic mass is 10.0. The highest BCUT2D eigenvalue weighted by Gasteiger charge is 2.34. The van der Waals surface area contributed by atoms with Gasteiger partial charge in [-0.3, -0.25) is 4.90 Å². The molecular weight excluding hydrogens is 524 g/mol. The molecule has 0 amide bonds. The first-order valence-electron chi connectivity index (χ1n) is 14.9. The Kier molecular flexibility index (Phi) is 7.10. The van der Waals surface area contributed by atoms with E-state index in [1.54, 1.807) is 0 Å². The maximum absolute atomic E-state index is 4.92. The summed E-state index contributed by atoms with van der Waals surface area (Å²) in [7, 11) is 0. The van der Waals surface area contributed by atoms with Gasteiger partial charge in [0.25, 0.3) is 0 Å². The number of nitrogens with one attached hydrogen (secondary N) is 1. The van der Waals surface area contributed by atoms with Crippen molar-refractivity contribution >= 4 is 33.3 Å². The Morgan fingerprint density at radius 2 is 1.40 bits per heavy atom. The Morgan fingerprint density at radius 3 is 2.12 bits per heavy atom. The van der Waals surface area contributed by atoms with E-state index in [-0.39, 0.29) is 6.17 Å². The molecule has 6 aromatic rings. The molecule has 0 saturated carbocycles. The van der Waals surface area contributed by atoms with E-state index in [9.17, 15) is 0 Å². The second-order valence-corrected chi connectivity index (χ2v) is 10.8. The van der Waals surface area contributed by atoms with Crippen LogP contribution in [0.25, 0.3) is 38.6 Å². The SMILES string of the molecule is C1=CC(N2c3nccc(-c4ccc(-n5c6ccccc6c6ccccc65)cc4)c3NC2c2ccccc2)=CCCC1.C=C. The summed E-state index contributed by atoms with van der Waals surface area (Å²) in [4.78, 5) is 7.28. The van der Waals surface area contributed by atoms with Gasteiger partial charge in [-0.05, 0) is 66.8 Å². The standard InChI is InChI=1S/C37H30N4.C2H4/c1-2-7-15-28(14-6-1)41-36(27-12-4-3-5-13-27)39-35-30(24-25-38-37(35)41)26-20-22-29(23-21-26)40-33-18-10-8-16-31(33)32-17-9-11-19-34(32)40;1-2/h3-6,8-25,36,39H,1-2,7H2;1-2H2. The maximum atomic E-state index is 4.92. The Hall–Kier alpha value is -5.35. The summed E-state index contributed by atoms with van der Waals surface area (Å²) in [5.41, 5.74) is 9.42. The second kappa shape index (κ2) is 11.5. The van der Waals surface area contributed by atoms with Crippen molar-refractivity contribution in [3.8, 4) is 16.8 Å². The number of aromatic nitrogens is 2. The van der Waals surface area contributed by atoms with Gasteiger partial charge in [-0.1, -0.05) is 91.0 Å². The molecule has 210 valence electrons. The number of para-hydroxylation sites is 2. The summed E-state index contributed by atoms with van der Waals surface area (Å²) in [6.45, 7) is 6.00. The Bertz CT molecular complexity index is 1910. The topological polar surface area (TPSA) is 33.1 Å². The zero-order valence-corrected chi connectivity index (χ0v) is 24.2. The molecule has 1 N–H and O–H groups in total. The van der Waals surface area contributed by atoms with Gasteiger partial charge in [-0.25, -0.2) is 4.98 Å². The number of fused-ring (bicyclic) bond motifs is 4. The van der Waals surface area contributed by atoms with Crippen LogP contribution in [0.4, 0.5) is 11.5 Å². The molecule has 1 atom stereocenters. The van der Waals surface area contributed by atoms with Crippen LogP contribution in [-0.4, -0.2) is 9.55 Å². The molecule has 4 nitrogen and oxygen atoms in total. The molecule has 4 aromatic carbocycles. The minimum Gasteiger partial charge on any atom is -0.358 e. The molecule has 1 aliphatic carbocycles. The summed E-state index contributed by atoms with van der Waals surface area (Å²) in [5.74, 6) is 0.973. The van der Waals surface area contributed by atoms with Crippen molar-refractivity contribution in [3.63, 3.8) is 0 Å². The molecule has 2 aromatic heterocycles. The largest absolute Gasteiger partial charge is 0.358 e. The molecule has 2 aliphatic rings. The lowest BCUT2D eigenvalue weighted by molar-refractivity contribution is 0.788. The quantitative estimate of drug-likeness (QED) is 0.219. The summed E-state index contributed by atoms with van der Waals surface area (Å²) < 4.78 is 2.36. The van der Waals surface area contributed by atoms with E-state index in [1.807, 2.05) is 6.20 Å². The van der Waals surface area contributed by atoms with Crippen molar-refractivity contribution in [1.82, 2.24) is 9.55 Å². The number of rotatable bonds is 4. The summed E-state index contributed by atoms with van der Waals surface area (Å²) in [6, 6.07) is 39.0. The van der Waals surface area contributed by atoms with Gasteiger partial charge in [0, 0.05) is 33.9 Å². The number of allylic oxidation sites excluding steroid dienone is 3. The number of hydrogen-bond donors (Lipinski definition) is 1. The Labute approximate surface area is 252 Å². The van der Waals surface area contributed by atoms with Gasteiger partial charge < -0.3 is 9.88 Å². The molecule has 3 heterocycles. The lowest BCUT2D eigenvalue weighted by Crippen LogP contribution is -2.27. The average Bonchev–Trinajstić information content (AvgIpc) is 3.51. The fourth-order valence-electron chi connectivity index (χ4n) is 6.41. The molecule has 4 heteroatoms. The monoisotopic (exact) mass is 558 g/mol. The van der Waals surface area contributed by atoms with Gasteiger partial charge in [0.15, 0.2) is 5.82 Å². The van der Waals surface area contributed by atoms with E-state index in [1.165, 1.54) is 45.1 Å². The van der Waals surface area contributed by atoms with Crippen LogP contribution in [0.5, 0.6) is 0 Å². The third-order valence-electron chi connectivity index (χ3n) is 8.33. The van der Waals surface area contributed by atoms with Gasteiger partial charge >= 0.3 is 0 Å². The molecule has 0 saturated heterocycles. The highest BCUT2D eigenvalue weighted by atomic mass is 15.4. The van der Waals surface area contributed by atoms with E-state index in [0.29, 0.717) is 0 Å². The van der Waals surface area contributed by atoms with Crippen LogP contribution in [0, 0.1) is 0 Å². The highest BCUT2D eigenvalue weighted by Crippen LogP contribution is 2.47. The number of pyridine rings is 1. The zero-order chi connectivity index (χ0) is 29.2. The van der Waals surface area contributed by atoms with Gasteiger partial charge in [0.05, 0.1) is 16.7 Å². The summed E-state index contributed by atoms with van der Waals surface area (Å²) >= 11 is 0.